The average Bonchev–Trinajstić information content (AvgIpc) is 3.12. The van der Waals surface area contributed by atoms with Crippen molar-refractivity contribution in [2.45, 2.75) is 19.8 Å². The minimum atomic E-state index is -0.476. The van der Waals surface area contributed by atoms with E-state index in [1.165, 1.54) is 18.3 Å². The highest BCUT2D eigenvalue weighted by Crippen LogP contribution is 2.23. The third-order valence-electron chi connectivity index (χ3n) is 3.99. The summed E-state index contributed by atoms with van der Waals surface area (Å²) in [5, 5.41) is 4.26. The molecule has 1 aromatic heterocycles. The van der Waals surface area contributed by atoms with Crippen molar-refractivity contribution in [1.82, 2.24) is 20.6 Å². The van der Waals surface area contributed by atoms with Gasteiger partial charge in [-0.1, -0.05) is 32.0 Å². The summed E-state index contributed by atoms with van der Waals surface area (Å²) >= 11 is 0. The number of hydrazine groups is 1. The second kappa shape index (κ2) is 7.82. The fourth-order valence-corrected chi connectivity index (χ4v) is 2.72. The highest BCUT2D eigenvalue weighted by atomic mass is 19.1. The van der Waals surface area contributed by atoms with Crippen LogP contribution in [0.5, 0.6) is 0 Å². The van der Waals surface area contributed by atoms with Gasteiger partial charge in [-0.05, 0) is 42.3 Å². The van der Waals surface area contributed by atoms with Crippen molar-refractivity contribution in [3.8, 4) is 5.69 Å². The fourth-order valence-electron chi connectivity index (χ4n) is 2.72. The van der Waals surface area contributed by atoms with Crippen molar-refractivity contribution < 1.29 is 14.0 Å². The minimum absolute atomic E-state index is 0.0249. The number of rotatable bonds is 4. The molecule has 0 aliphatic heterocycles. The number of hydrogen-bond acceptors (Lipinski definition) is 3. The van der Waals surface area contributed by atoms with Crippen LogP contribution in [-0.2, 0) is 0 Å². The quantitative estimate of drug-likeness (QED) is 0.696. The van der Waals surface area contributed by atoms with Gasteiger partial charge in [0.1, 0.15) is 5.82 Å². The molecule has 0 radical (unpaired) electrons. The molecule has 0 saturated heterocycles. The van der Waals surface area contributed by atoms with Crippen LogP contribution < -0.4 is 10.9 Å². The van der Waals surface area contributed by atoms with Gasteiger partial charge in [-0.3, -0.25) is 20.4 Å². The Labute approximate surface area is 156 Å². The molecule has 0 saturated carbocycles. The van der Waals surface area contributed by atoms with Gasteiger partial charge in [0.05, 0.1) is 23.1 Å². The zero-order valence-corrected chi connectivity index (χ0v) is 14.9. The van der Waals surface area contributed by atoms with E-state index in [1.54, 1.807) is 47.1 Å². The van der Waals surface area contributed by atoms with E-state index < -0.39 is 11.8 Å². The third-order valence-corrected chi connectivity index (χ3v) is 3.99. The van der Waals surface area contributed by atoms with Gasteiger partial charge < -0.3 is 0 Å². The van der Waals surface area contributed by atoms with Gasteiger partial charge >= 0.3 is 0 Å². The number of halogens is 1. The molecular formula is C20H19FN4O2. The average molecular weight is 366 g/mol. The molecule has 1 heterocycles. The second-order valence-electron chi connectivity index (χ2n) is 6.26. The van der Waals surface area contributed by atoms with Crippen molar-refractivity contribution in [1.29, 1.82) is 0 Å². The normalized spacial score (nSPS) is 10.7. The molecule has 0 fully saturated rings. The molecule has 0 atom stereocenters. The summed E-state index contributed by atoms with van der Waals surface area (Å²) in [6, 6.07) is 14.4. The van der Waals surface area contributed by atoms with Crippen molar-refractivity contribution in [2.75, 3.05) is 0 Å². The Bertz CT molecular complexity index is 950. The lowest BCUT2D eigenvalue weighted by molar-refractivity contribution is 0.0846. The van der Waals surface area contributed by atoms with Crippen molar-refractivity contribution in [3.05, 3.63) is 83.4 Å². The SMILES string of the molecule is CC(C)c1c(C(=O)NNC(=O)c2ccccc2)cnn1-c1ccc(F)cc1. The van der Waals surface area contributed by atoms with Gasteiger partial charge in [-0.15, -0.1) is 0 Å². The van der Waals surface area contributed by atoms with E-state index in [0.717, 1.165) is 0 Å². The number of hydrogen-bond donors (Lipinski definition) is 2. The summed E-state index contributed by atoms with van der Waals surface area (Å²) in [7, 11) is 0. The van der Waals surface area contributed by atoms with Crippen LogP contribution in [0.2, 0.25) is 0 Å². The minimum Gasteiger partial charge on any atom is -0.267 e. The number of nitrogens with one attached hydrogen (secondary N) is 2. The Hall–Kier alpha value is -3.48. The van der Waals surface area contributed by atoms with Crippen LogP contribution in [0.3, 0.4) is 0 Å². The van der Waals surface area contributed by atoms with Gasteiger partial charge in [0, 0.05) is 5.56 Å². The maximum absolute atomic E-state index is 13.2. The Morgan fingerprint density at radius 2 is 1.59 bits per heavy atom. The summed E-state index contributed by atoms with van der Waals surface area (Å²) in [6.07, 6.45) is 1.43. The molecule has 0 spiro atoms. The van der Waals surface area contributed by atoms with Crippen LogP contribution in [0.1, 0.15) is 46.2 Å². The molecule has 0 bridgehead atoms. The molecule has 6 nitrogen and oxygen atoms in total. The monoisotopic (exact) mass is 366 g/mol. The first-order valence-electron chi connectivity index (χ1n) is 8.47. The van der Waals surface area contributed by atoms with Gasteiger partial charge in [-0.2, -0.15) is 5.10 Å². The predicted molar refractivity (Wildman–Crippen MR) is 99.0 cm³/mol. The Morgan fingerprint density at radius 3 is 2.22 bits per heavy atom. The van der Waals surface area contributed by atoms with Crippen LogP contribution in [0.15, 0.2) is 60.8 Å². The third kappa shape index (κ3) is 4.03. The number of carbonyl (C=O) groups excluding carboxylic acids is 2. The summed E-state index contributed by atoms with van der Waals surface area (Å²) in [6.45, 7) is 3.85. The van der Waals surface area contributed by atoms with Crippen LogP contribution in [0.25, 0.3) is 5.69 Å². The lowest BCUT2D eigenvalue weighted by atomic mass is 10.1. The van der Waals surface area contributed by atoms with Crippen LogP contribution in [0, 0.1) is 5.82 Å². The summed E-state index contributed by atoms with van der Waals surface area (Å²) in [5.41, 5.74) is 6.89. The Morgan fingerprint density at radius 1 is 0.963 bits per heavy atom. The van der Waals surface area contributed by atoms with Crippen LogP contribution in [-0.4, -0.2) is 21.6 Å². The van der Waals surface area contributed by atoms with Gasteiger partial charge in [-0.25, -0.2) is 9.07 Å². The zero-order valence-electron chi connectivity index (χ0n) is 14.9. The molecule has 3 rings (SSSR count). The van der Waals surface area contributed by atoms with E-state index >= 15 is 0 Å². The van der Waals surface area contributed by atoms with E-state index in [-0.39, 0.29) is 11.7 Å². The van der Waals surface area contributed by atoms with Crippen LogP contribution >= 0.6 is 0 Å². The van der Waals surface area contributed by atoms with Crippen molar-refractivity contribution in [3.63, 3.8) is 0 Å². The van der Waals surface area contributed by atoms with E-state index in [0.29, 0.717) is 22.5 Å². The molecule has 3 aromatic rings. The summed E-state index contributed by atoms with van der Waals surface area (Å²) in [4.78, 5) is 24.6. The predicted octanol–water partition coefficient (Wildman–Crippen LogP) is 3.21. The molecule has 0 unspecified atom stereocenters. The fraction of sp³-hybridized carbons (Fsp3) is 0.150. The maximum Gasteiger partial charge on any atom is 0.273 e. The van der Waals surface area contributed by atoms with Crippen LogP contribution in [0.4, 0.5) is 4.39 Å². The lowest BCUT2D eigenvalue weighted by Gasteiger charge is -2.13. The number of carbonyl (C=O) groups is 2. The molecule has 138 valence electrons. The number of nitrogens with zero attached hydrogens (tertiary/aromatic N) is 2. The highest BCUT2D eigenvalue weighted by Gasteiger charge is 2.21. The van der Waals surface area contributed by atoms with E-state index in [1.807, 2.05) is 13.8 Å². The molecular weight excluding hydrogens is 347 g/mol. The second-order valence-corrected chi connectivity index (χ2v) is 6.26. The van der Waals surface area contributed by atoms with E-state index in [9.17, 15) is 14.0 Å². The van der Waals surface area contributed by atoms with Crippen molar-refractivity contribution in [2.24, 2.45) is 0 Å². The van der Waals surface area contributed by atoms with Gasteiger partial charge in [0.15, 0.2) is 0 Å². The number of benzene rings is 2. The molecule has 0 aliphatic rings. The number of amides is 2. The Balaban J connectivity index is 1.80. The molecule has 2 aromatic carbocycles. The number of aromatic nitrogens is 2. The maximum atomic E-state index is 13.2. The molecule has 2 amide bonds. The largest absolute Gasteiger partial charge is 0.273 e. The smallest absolute Gasteiger partial charge is 0.267 e. The first kappa shape index (κ1) is 18.3. The zero-order chi connectivity index (χ0) is 19.4. The first-order chi connectivity index (χ1) is 13.0. The van der Waals surface area contributed by atoms with E-state index in [2.05, 4.69) is 16.0 Å². The molecule has 7 heteroatoms. The standard InChI is InChI=1S/C20H19FN4O2/c1-13(2)18-17(12-22-25(18)16-10-8-15(21)9-11-16)20(27)24-23-19(26)14-6-4-3-5-7-14/h3-13H,1-2H3,(H,23,26)(H,24,27). The summed E-state index contributed by atoms with van der Waals surface area (Å²) in [5.74, 6) is -1.26. The lowest BCUT2D eigenvalue weighted by Crippen LogP contribution is -2.41. The highest BCUT2D eigenvalue weighted by molar-refractivity contribution is 5.99. The van der Waals surface area contributed by atoms with Gasteiger partial charge in [0.2, 0.25) is 0 Å². The van der Waals surface area contributed by atoms with Crippen molar-refractivity contribution >= 4 is 11.8 Å². The summed E-state index contributed by atoms with van der Waals surface area (Å²) < 4.78 is 14.8. The first-order valence-corrected chi connectivity index (χ1v) is 8.47. The Kier molecular flexibility index (Phi) is 5.30. The van der Waals surface area contributed by atoms with E-state index in [4.69, 9.17) is 0 Å². The van der Waals surface area contributed by atoms with Gasteiger partial charge in [0.25, 0.3) is 11.8 Å². The molecule has 0 aliphatic carbocycles. The topological polar surface area (TPSA) is 76.0 Å². The molecule has 27 heavy (non-hydrogen) atoms. The molecule has 2 N–H and O–H groups in total.